The van der Waals surface area contributed by atoms with E-state index in [9.17, 15) is 4.39 Å². The van der Waals surface area contributed by atoms with Crippen LogP contribution in [0.4, 0.5) is 4.39 Å². The molecule has 3 aromatic carbocycles. The molecule has 0 nitrogen and oxygen atoms in total. The van der Waals surface area contributed by atoms with Gasteiger partial charge in [-0.1, -0.05) is 74.5 Å². The van der Waals surface area contributed by atoms with Crippen LogP contribution in [-0.2, 0) is 5.41 Å². The molecule has 0 saturated carbocycles. The summed E-state index contributed by atoms with van der Waals surface area (Å²) in [5.74, 6) is -0.177. The second-order valence-corrected chi connectivity index (χ2v) is 5.73. The first-order chi connectivity index (χ1) is 11.2. The third-order valence-electron chi connectivity index (χ3n) is 4.63. The summed E-state index contributed by atoms with van der Waals surface area (Å²) in [6.07, 6.45) is 0. The highest BCUT2D eigenvalue weighted by molar-refractivity contribution is 5.83. The maximum absolute atomic E-state index is 13.8. The van der Waals surface area contributed by atoms with Gasteiger partial charge in [-0.25, -0.2) is 4.39 Å². The van der Waals surface area contributed by atoms with Gasteiger partial charge >= 0.3 is 0 Å². The lowest BCUT2D eigenvalue weighted by Crippen LogP contribution is -2.22. The van der Waals surface area contributed by atoms with Gasteiger partial charge in [-0.2, -0.15) is 0 Å². The van der Waals surface area contributed by atoms with Crippen molar-refractivity contribution in [3.63, 3.8) is 0 Å². The van der Waals surface area contributed by atoms with Crippen molar-refractivity contribution in [2.45, 2.75) is 26.2 Å². The lowest BCUT2D eigenvalue weighted by Gasteiger charge is -2.28. The van der Waals surface area contributed by atoms with Gasteiger partial charge in [0, 0.05) is 5.41 Å². The highest BCUT2D eigenvalue weighted by Gasteiger charge is 2.40. The quantitative estimate of drug-likeness (QED) is 0.503. The van der Waals surface area contributed by atoms with Gasteiger partial charge in [-0.3, -0.25) is 0 Å². The second kappa shape index (κ2) is 6.00. The fraction of sp³-hybridized carbons (Fsp3) is 0.182. The number of hydrogen-bond donors (Lipinski definition) is 0. The van der Waals surface area contributed by atoms with E-state index < -0.39 is 0 Å². The number of hydrogen-bond acceptors (Lipinski definition) is 0. The van der Waals surface area contributed by atoms with Crippen LogP contribution >= 0.6 is 0 Å². The van der Waals surface area contributed by atoms with Crippen LogP contribution in [0, 0.1) is 5.82 Å². The van der Waals surface area contributed by atoms with E-state index in [1.54, 1.807) is 12.1 Å². The molecule has 4 rings (SSSR count). The molecule has 0 saturated heterocycles. The zero-order valence-corrected chi connectivity index (χ0v) is 13.8. The molecule has 0 aliphatic heterocycles. The molecule has 116 valence electrons. The van der Waals surface area contributed by atoms with Gasteiger partial charge in [0.15, 0.2) is 0 Å². The Balaban J connectivity index is 0.000000753. The molecule has 1 unspecified atom stereocenters. The lowest BCUT2D eigenvalue weighted by atomic mass is 9.74. The Bertz CT molecular complexity index is 820. The fourth-order valence-corrected chi connectivity index (χ4v) is 3.55. The monoisotopic (exact) mass is 304 g/mol. The molecule has 0 radical (unpaired) electrons. The molecule has 0 heterocycles. The van der Waals surface area contributed by atoms with Crippen LogP contribution in [0.3, 0.4) is 0 Å². The zero-order valence-electron chi connectivity index (χ0n) is 13.8. The Morgan fingerprint density at radius 2 is 1.30 bits per heavy atom. The summed E-state index contributed by atoms with van der Waals surface area (Å²) in [7, 11) is 0. The molecule has 1 atom stereocenters. The molecule has 0 aromatic heterocycles. The van der Waals surface area contributed by atoms with Crippen LogP contribution in [0.5, 0.6) is 0 Å². The Kier molecular flexibility index (Phi) is 4.04. The third-order valence-corrected chi connectivity index (χ3v) is 4.63. The Morgan fingerprint density at radius 3 is 2.04 bits per heavy atom. The summed E-state index contributed by atoms with van der Waals surface area (Å²) in [5.41, 5.74) is 5.54. The van der Waals surface area contributed by atoms with Crippen molar-refractivity contribution in [1.82, 2.24) is 0 Å². The average molecular weight is 304 g/mol. The number of halogens is 1. The van der Waals surface area contributed by atoms with Crippen molar-refractivity contribution in [2.75, 3.05) is 0 Å². The SMILES string of the molecule is CC.CC1(c2ccccc2)c2ccccc2-c2ccc(F)cc21. The van der Waals surface area contributed by atoms with Gasteiger partial charge in [0.05, 0.1) is 0 Å². The van der Waals surface area contributed by atoms with Gasteiger partial charge in [-0.05, 0) is 46.9 Å². The predicted molar refractivity (Wildman–Crippen MR) is 95.2 cm³/mol. The fourth-order valence-electron chi connectivity index (χ4n) is 3.55. The van der Waals surface area contributed by atoms with E-state index in [-0.39, 0.29) is 11.2 Å². The minimum Gasteiger partial charge on any atom is -0.207 e. The van der Waals surface area contributed by atoms with E-state index in [1.807, 2.05) is 44.2 Å². The molecular formula is C22H21F. The van der Waals surface area contributed by atoms with E-state index >= 15 is 0 Å². The molecule has 1 heteroatoms. The van der Waals surface area contributed by atoms with Crippen molar-refractivity contribution in [2.24, 2.45) is 0 Å². The van der Waals surface area contributed by atoms with Crippen LogP contribution in [0.15, 0.2) is 72.8 Å². The topological polar surface area (TPSA) is 0 Å². The van der Waals surface area contributed by atoms with Crippen LogP contribution < -0.4 is 0 Å². The second-order valence-electron chi connectivity index (χ2n) is 5.73. The number of benzene rings is 3. The Labute approximate surface area is 137 Å². The zero-order chi connectivity index (χ0) is 16.4. The molecule has 0 bridgehead atoms. The Morgan fingerprint density at radius 1 is 0.696 bits per heavy atom. The van der Waals surface area contributed by atoms with E-state index in [2.05, 4.69) is 37.3 Å². The molecule has 1 aliphatic carbocycles. The average Bonchev–Trinajstić information content (AvgIpc) is 2.88. The third kappa shape index (κ3) is 2.28. The molecular weight excluding hydrogens is 283 g/mol. The van der Waals surface area contributed by atoms with Crippen molar-refractivity contribution >= 4 is 0 Å². The van der Waals surface area contributed by atoms with E-state index in [1.165, 1.54) is 16.7 Å². The van der Waals surface area contributed by atoms with Gasteiger partial charge in [0.25, 0.3) is 0 Å². The normalized spacial score (nSPS) is 17.7. The molecule has 0 N–H and O–H groups in total. The molecule has 23 heavy (non-hydrogen) atoms. The number of fused-ring (bicyclic) bond motifs is 3. The highest BCUT2D eigenvalue weighted by atomic mass is 19.1. The lowest BCUT2D eigenvalue weighted by molar-refractivity contribution is 0.618. The standard InChI is InChI=1S/C20H15F.C2H6/c1-20(14-7-3-2-4-8-14)18-10-6-5-9-16(18)17-12-11-15(21)13-19(17)20;1-2/h2-13H,1H3;1-2H3. The minimum atomic E-state index is -0.296. The van der Waals surface area contributed by atoms with Gasteiger partial charge in [-0.15, -0.1) is 0 Å². The van der Waals surface area contributed by atoms with E-state index in [0.29, 0.717) is 0 Å². The maximum atomic E-state index is 13.8. The van der Waals surface area contributed by atoms with Crippen molar-refractivity contribution in [3.8, 4) is 11.1 Å². The van der Waals surface area contributed by atoms with Crippen molar-refractivity contribution in [1.29, 1.82) is 0 Å². The maximum Gasteiger partial charge on any atom is 0.123 e. The first-order valence-electron chi connectivity index (χ1n) is 8.17. The molecule has 0 spiro atoms. The smallest absolute Gasteiger partial charge is 0.123 e. The van der Waals surface area contributed by atoms with Gasteiger partial charge in [0.2, 0.25) is 0 Å². The van der Waals surface area contributed by atoms with Gasteiger partial charge < -0.3 is 0 Å². The summed E-state index contributed by atoms with van der Waals surface area (Å²) in [6, 6.07) is 23.9. The minimum absolute atomic E-state index is 0.177. The largest absolute Gasteiger partial charge is 0.207 e. The Hall–Kier alpha value is -2.41. The summed E-state index contributed by atoms with van der Waals surface area (Å²) in [6.45, 7) is 6.19. The highest BCUT2D eigenvalue weighted by Crippen LogP contribution is 2.52. The summed E-state index contributed by atoms with van der Waals surface area (Å²) in [4.78, 5) is 0. The van der Waals surface area contributed by atoms with Crippen molar-refractivity contribution < 1.29 is 4.39 Å². The van der Waals surface area contributed by atoms with Gasteiger partial charge in [0.1, 0.15) is 5.82 Å². The predicted octanol–water partition coefficient (Wildman–Crippen LogP) is 6.19. The molecule has 1 aliphatic rings. The summed E-state index contributed by atoms with van der Waals surface area (Å²) < 4.78 is 13.8. The van der Waals surface area contributed by atoms with E-state index in [0.717, 1.165) is 11.1 Å². The van der Waals surface area contributed by atoms with Crippen LogP contribution in [0.1, 0.15) is 37.5 Å². The van der Waals surface area contributed by atoms with Crippen LogP contribution in [0.25, 0.3) is 11.1 Å². The van der Waals surface area contributed by atoms with Crippen LogP contribution in [-0.4, -0.2) is 0 Å². The van der Waals surface area contributed by atoms with Crippen molar-refractivity contribution in [3.05, 3.63) is 95.3 Å². The summed E-state index contributed by atoms with van der Waals surface area (Å²) >= 11 is 0. The molecule has 3 aromatic rings. The summed E-state index contributed by atoms with van der Waals surface area (Å²) in [5, 5.41) is 0. The van der Waals surface area contributed by atoms with E-state index in [4.69, 9.17) is 0 Å². The first kappa shape index (κ1) is 15.5. The molecule has 0 amide bonds. The molecule has 0 fully saturated rings. The van der Waals surface area contributed by atoms with Crippen LogP contribution in [0.2, 0.25) is 0 Å². The number of rotatable bonds is 1. The first-order valence-corrected chi connectivity index (χ1v) is 8.17.